The van der Waals surface area contributed by atoms with Gasteiger partial charge in [-0.15, -0.1) is 0 Å². The van der Waals surface area contributed by atoms with Gasteiger partial charge in [-0.2, -0.15) is 0 Å². The lowest BCUT2D eigenvalue weighted by Crippen LogP contribution is -2.48. The second-order valence-corrected chi connectivity index (χ2v) is 5.62. The monoisotopic (exact) mass is 304 g/mol. The largest absolute Gasteiger partial charge is 0.494 e. The van der Waals surface area contributed by atoms with Crippen LogP contribution in [0.25, 0.3) is 0 Å². The summed E-state index contributed by atoms with van der Waals surface area (Å²) in [6.45, 7) is 5.34. The predicted octanol–water partition coefficient (Wildman–Crippen LogP) is 1.77. The standard InChI is InChI=1S/C17H24N2O3/c1-2-9-22-15-5-3-14(4-6-15)16(20)7-8-17(21)19-12-13-10-18-11-13/h3-6,13,18H,2,7-12H2,1H3,(H,19,21). The van der Waals surface area contributed by atoms with Crippen LogP contribution in [0.4, 0.5) is 0 Å². The molecule has 2 rings (SSSR count). The van der Waals surface area contributed by atoms with Crippen LogP contribution in [0.5, 0.6) is 5.75 Å². The molecular weight excluding hydrogens is 280 g/mol. The van der Waals surface area contributed by atoms with Crippen LogP contribution in [0.15, 0.2) is 24.3 Å². The van der Waals surface area contributed by atoms with Crippen molar-refractivity contribution in [2.24, 2.45) is 5.92 Å². The summed E-state index contributed by atoms with van der Waals surface area (Å²) in [5.74, 6) is 1.24. The molecule has 0 spiro atoms. The summed E-state index contributed by atoms with van der Waals surface area (Å²) in [5.41, 5.74) is 0.625. The number of carbonyl (C=O) groups excluding carboxylic acids is 2. The van der Waals surface area contributed by atoms with Gasteiger partial charge in [-0.25, -0.2) is 0 Å². The summed E-state index contributed by atoms with van der Waals surface area (Å²) in [6, 6.07) is 7.11. The summed E-state index contributed by atoms with van der Waals surface area (Å²) >= 11 is 0. The highest BCUT2D eigenvalue weighted by atomic mass is 16.5. The van der Waals surface area contributed by atoms with Gasteiger partial charge in [0.05, 0.1) is 6.61 Å². The normalized spacial score (nSPS) is 14.2. The Morgan fingerprint density at radius 2 is 1.95 bits per heavy atom. The number of carbonyl (C=O) groups is 2. The van der Waals surface area contributed by atoms with Crippen LogP contribution in [-0.2, 0) is 4.79 Å². The molecule has 1 aliphatic rings. The molecule has 0 aliphatic carbocycles. The van der Waals surface area contributed by atoms with Crippen LogP contribution in [0, 0.1) is 5.92 Å². The second kappa shape index (κ2) is 8.54. The number of Topliss-reactive ketones (excluding diaryl/α,β-unsaturated/α-hetero) is 1. The highest BCUT2D eigenvalue weighted by molar-refractivity contribution is 5.98. The van der Waals surface area contributed by atoms with Gasteiger partial charge in [0.1, 0.15) is 5.75 Å². The Balaban J connectivity index is 1.70. The van der Waals surface area contributed by atoms with Crippen molar-refractivity contribution in [2.45, 2.75) is 26.2 Å². The van der Waals surface area contributed by atoms with Gasteiger partial charge in [0.2, 0.25) is 5.91 Å². The average Bonchev–Trinajstić information content (AvgIpc) is 2.49. The molecule has 1 aromatic carbocycles. The zero-order valence-corrected chi connectivity index (χ0v) is 13.1. The number of rotatable bonds is 9. The number of hydrogen-bond donors (Lipinski definition) is 2. The summed E-state index contributed by atoms with van der Waals surface area (Å²) in [7, 11) is 0. The van der Waals surface area contributed by atoms with Gasteiger partial charge < -0.3 is 15.4 Å². The first-order valence-electron chi connectivity index (χ1n) is 7.92. The summed E-state index contributed by atoms with van der Waals surface area (Å²) in [5, 5.41) is 6.03. The van der Waals surface area contributed by atoms with E-state index < -0.39 is 0 Å². The fourth-order valence-corrected chi connectivity index (χ4v) is 2.17. The third-order valence-corrected chi connectivity index (χ3v) is 3.68. The van der Waals surface area contributed by atoms with Crippen LogP contribution >= 0.6 is 0 Å². The van der Waals surface area contributed by atoms with Crippen LogP contribution in [0.3, 0.4) is 0 Å². The van der Waals surface area contributed by atoms with E-state index in [4.69, 9.17) is 4.74 Å². The summed E-state index contributed by atoms with van der Waals surface area (Å²) in [6.07, 6.45) is 1.43. The van der Waals surface area contributed by atoms with Gasteiger partial charge in [-0.1, -0.05) is 6.92 Å². The van der Waals surface area contributed by atoms with E-state index in [-0.39, 0.29) is 24.5 Å². The molecule has 0 atom stereocenters. The minimum Gasteiger partial charge on any atom is -0.494 e. The fraction of sp³-hybridized carbons (Fsp3) is 0.529. The van der Waals surface area contributed by atoms with Crippen molar-refractivity contribution in [3.63, 3.8) is 0 Å². The molecule has 0 aromatic heterocycles. The first-order chi connectivity index (χ1) is 10.7. The van der Waals surface area contributed by atoms with E-state index in [1.54, 1.807) is 24.3 Å². The molecule has 22 heavy (non-hydrogen) atoms. The Bertz CT molecular complexity index is 495. The van der Waals surface area contributed by atoms with Gasteiger partial charge in [0.25, 0.3) is 0 Å². The smallest absolute Gasteiger partial charge is 0.220 e. The zero-order chi connectivity index (χ0) is 15.8. The number of amides is 1. The van der Waals surface area contributed by atoms with E-state index in [1.165, 1.54) is 0 Å². The third kappa shape index (κ3) is 5.15. The van der Waals surface area contributed by atoms with Crippen LogP contribution in [0.1, 0.15) is 36.5 Å². The average molecular weight is 304 g/mol. The molecule has 2 N–H and O–H groups in total. The van der Waals surface area contributed by atoms with Crippen molar-refractivity contribution in [3.8, 4) is 5.75 Å². The van der Waals surface area contributed by atoms with Crippen molar-refractivity contribution < 1.29 is 14.3 Å². The molecular formula is C17H24N2O3. The maximum Gasteiger partial charge on any atom is 0.220 e. The quantitative estimate of drug-likeness (QED) is 0.682. The van der Waals surface area contributed by atoms with E-state index in [9.17, 15) is 9.59 Å². The maximum atomic E-state index is 12.0. The summed E-state index contributed by atoms with van der Waals surface area (Å²) in [4.78, 5) is 23.7. The number of nitrogens with one attached hydrogen (secondary N) is 2. The zero-order valence-electron chi connectivity index (χ0n) is 13.1. The maximum absolute atomic E-state index is 12.0. The van der Waals surface area contributed by atoms with E-state index in [0.29, 0.717) is 24.6 Å². The summed E-state index contributed by atoms with van der Waals surface area (Å²) < 4.78 is 5.48. The van der Waals surface area contributed by atoms with Crippen LogP contribution in [-0.4, -0.2) is 37.9 Å². The molecule has 0 radical (unpaired) electrons. The highest BCUT2D eigenvalue weighted by Crippen LogP contribution is 2.14. The lowest BCUT2D eigenvalue weighted by Gasteiger charge is -2.27. The molecule has 1 aliphatic heterocycles. The molecule has 0 unspecified atom stereocenters. The predicted molar refractivity (Wildman–Crippen MR) is 85.2 cm³/mol. The molecule has 1 fully saturated rings. The molecule has 5 heteroatoms. The van der Waals surface area contributed by atoms with Gasteiger partial charge in [-0.05, 0) is 30.7 Å². The molecule has 0 saturated carbocycles. The van der Waals surface area contributed by atoms with E-state index in [1.807, 2.05) is 6.92 Å². The minimum atomic E-state index is -0.0526. The van der Waals surface area contributed by atoms with Crippen molar-refractivity contribution in [1.82, 2.24) is 10.6 Å². The third-order valence-electron chi connectivity index (χ3n) is 3.68. The lowest BCUT2D eigenvalue weighted by molar-refractivity contribution is -0.121. The molecule has 5 nitrogen and oxygen atoms in total. The van der Waals surface area contributed by atoms with E-state index >= 15 is 0 Å². The Hall–Kier alpha value is -1.88. The van der Waals surface area contributed by atoms with Crippen molar-refractivity contribution >= 4 is 11.7 Å². The van der Waals surface area contributed by atoms with Crippen molar-refractivity contribution in [3.05, 3.63) is 29.8 Å². The molecule has 1 aromatic rings. The topological polar surface area (TPSA) is 67.4 Å². The molecule has 1 heterocycles. The van der Waals surface area contributed by atoms with E-state index in [2.05, 4.69) is 10.6 Å². The number of ether oxygens (including phenoxy) is 1. The van der Waals surface area contributed by atoms with Crippen molar-refractivity contribution in [1.29, 1.82) is 0 Å². The Morgan fingerprint density at radius 1 is 1.23 bits per heavy atom. The molecule has 1 amide bonds. The number of benzene rings is 1. The second-order valence-electron chi connectivity index (χ2n) is 5.62. The van der Waals surface area contributed by atoms with Gasteiger partial charge in [0.15, 0.2) is 5.78 Å². The first-order valence-corrected chi connectivity index (χ1v) is 7.92. The molecule has 0 bridgehead atoms. The van der Waals surface area contributed by atoms with Crippen LogP contribution < -0.4 is 15.4 Å². The Kier molecular flexibility index (Phi) is 6.40. The molecule has 120 valence electrons. The van der Waals surface area contributed by atoms with Crippen molar-refractivity contribution in [2.75, 3.05) is 26.2 Å². The van der Waals surface area contributed by atoms with Crippen LogP contribution in [0.2, 0.25) is 0 Å². The fourth-order valence-electron chi connectivity index (χ4n) is 2.17. The van der Waals surface area contributed by atoms with Gasteiger partial charge in [0, 0.05) is 44.0 Å². The number of ketones is 1. The minimum absolute atomic E-state index is 0.0116. The number of hydrogen-bond acceptors (Lipinski definition) is 4. The Morgan fingerprint density at radius 3 is 2.55 bits per heavy atom. The van der Waals surface area contributed by atoms with Gasteiger partial charge >= 0.3 is 0 Å². The Labute approximate surface area is 131 Å². The highest BCUT2D eigenvalue weighted by Gasteiger charge is 2.17. The lowest BCUT2D eigenvalue weighted by atomic mass is 10.0. The first kappa shape index (κ1) is 16.5. The van der Waals surface area contributed by atoms with Gasteiger partial charge in [-0.3, -0.25) is 9.59 Å². The SMILES string of the molecule is CCCOc1ccc(C(=O)CCC(=O)NCC2CNC2)cc1. The molecule has 1 saturated heterocycles. The van der Waals surface area contributed by atoms with E-state index in [0.717, 1.165) is 25.3 Å².